The van der Waals surface area contributed by atoms with E-state index in [0.29, 0.717) is 10.9 Å². The van der Waals surface area contributed by atoms with Crippen LogP contribution in [0.5, 0.6) is 0 Å². The highest BCUT2D eigenvalue weighted by atomic mass is 19.1. The Balaban J connectivity index is 1.73. The van der Waals surface area contributed by atoms with Crippen LogP contribution in [0.1, 0.15) is 21.5 Å². The number of carbonyl (C=O) groups excluding carboxylic acids is 1. The Morgan fingerprint density at radius 3 is 2.80 bits per heavy atom. The summed E-state index contributed by atoms with van der Waals surface area (Å²) in [7, 11) is 1.58. The summed E-state index contributed by atoms with van der Waals surface area (Å²) < 4.78 is 15.8. The number of hydrogen-bond donors (Lipinski definition) is 0. The van der Waals surface area contributed by atoms with Crippen molar-refractivity contribution in [2.24, 2.45) is 0 Å². The third-order valence-electron chi connectivity index (χ3n) is 4.75. The third kappa shape index (κ3) is 2.52. The summed E-state index contributed by atoms with van der Waals surface area (Å²) in [5.41, 5.74) is 2.34. The summed E-state index contributed by atoms with van der Waals surface area (Å²) >= 11 is 0. The van der Waals surface area contributed by atoms with Crippen LogP contribution in [0.3, 0.4) is 0 Å². The van der Waals surface area contributed by atoms with Crippen LogP contribution in [-0.2, 0) is 19.5 Å². The summed E-state index contributed by atoms with van der Waals surface area (Å²) in [6.07, 6.45) is 2.50. The lowest BCUT2D eigenvalue weighted by Crippen LogP contribution is -2.31. The van der Waals surface area contributed by atoms with Crippen LogP contribution in [0.15, 0.2) is 53.5 Å². The van der Waals surface area contributed by atoms with E-state index in [1.807, 2.05) is 16.7 Å². The second kappa shape index (κ2) is 5.84. The Kier molecular flexibility index (Phi) is 3.64. The van der Waals surface area contributed by atoms with Crippen molar-refractivity contribution in [3.05, 3.63) is 81.4 Å². The first-order chi connectivity index (χ1) is 12.1. The molecule has 0 unspecified atom stereocenters. The van der Waals surface area contributed by atoms with E-state index in [9.17, 15) is 14.0 Å². The van der Waals surface area contributed by atoms with Crippen LogP contribution < -0.4 is 5.43 Å². The van der Waals surface area contributed by atoms with Gasteiger partial charge in [0.15, 0.2) is 0 Å². The van der Waals surface area contributed by atoms with Gasteiger partial charge in [-0.1, -0.05) is 30.3 Å². The maximum Gasteiger partial charge on any atom is 0.259 e. The topological polar surface area (TPSA) is 42.3 Å². The van der Waals surface area contributed by atoms with Gasteiger partial charge in [-0.2, -0.15) is 0 Å². The number of halogens is 1. The average molecular weight is 336 g/mol. The minimum Gasteiger partial charge on any atom is -0.346 e. The quantitative estimate of drug-likeness (QED) is 0.738. The molecule has 5 heteroatoms. The summed E-state index contributed by atoms with van der Waals surface area (Å²) in [4.78, 5) is 27.0. The number of carbonyl (C=O) groups is 1. The Hall–Kier alpha value is -2.95. The zero-order valence-corrected chi connectivity index (χ0v) is 13.8. The van der Waals surface area contributed by atoms with Crippen molar-refractivity contribution in [1.82, 2.24) is 9.47 Å². The van der Waals surface area contributed by atoms with Gasteiger partial charge in [-0.15, -0.1) is 0 Å². The summed E-state index contributed by atoms with van der Waals surface area (Å²) in [6, 6.07) is 12.0. The number of aryl methyl sites for hydroxylation is 2. The minimum atomic E-state index is -0.392. The van der Waals surface area contributed by atoms with E-state index in [4.69, 9.17) is 0 Å². The maximum absolute atomic E-state index is 13.8. The monoisotopic (exact) mass is 336 g/mol. The van der Waals surface area contributed by atoms with Crippen LogP contribution in [0.2, 0.25) is 0 Å². The maximum atomic E-state index is 13.8. The van der Waals surface area contributed by atoms with Crippen molar-refractivity contribution in [3.8, 4) is 0 Å². The van der Waals surface area contributed by atoms with Crippen molar-refractivity contribution in [2.75, 3.05) is 7.05 Å². The van der Waals surface area contributed by atoms with Gasteiger partial charge in [0.25, 0.3) is 5.91 Å². The molecule has 2 heterocycles. The van der Waals surface area contributed by atoms with E-state index >= 15 is 0 Å². The number of nitrogens with zero attached hydrogens (tertiary/aromatic N) is 2. The fourth-order valence-electron chi connectivity index (χ4n) is 3.47. The Bertz CT molecular complexity index is 1060. The highest BCUT2D eigenvalue weighted by Crippen LogP contribution is 2.24. The number of hydrogen-bond acceptors (Lipinski definition) is 2. The Morgan fingerprint density at radius 2 is 2.00 bits per heavy atom. The highest BCUT2D eigenvalue weighted by molar-refractivity contribution is 5.98. The molecule has 1 aliphatic heterocycles. The van der Waals surface area contributed by atoms with Crippen molar-refractivity contribution >= 4 is 16.8 Å². The lowest BCUT2D eigenvalue weighted by atomic mass is 10.1. The van der Waals surface area contributed by atoms with E-state index in [-0.39, 0.29) is 23.4 Å². The molecule has 0 fully saturated rings. The molecule has 0 spiro atoms. The van der Waals surface area contributed by atoms with Gasteiger partial charge in [-0.25, -0.2) is 4.39 Å². The summed E-state index contributed by atoms with van der Waals surface area (Å²) in [6.45, 7) is 0.871. The molecule has 0 bridgehead atoms. The lowest BCUT2D eigenvalue weighted by molar-refractivity contribution is 0.0782. The standard InChI is InChI=1S/C20H17FN2O2/c1-22(11-14-5-2-3-8-17(14)21)20(25)16-12-23-10-9-13-6-4-7-15(18(13)23)19(16)24/h2-8,12H,9-11H2,1H3. The van der Waals surface area contributed by atoms with Crippen molar-refractivity contribution in [2.45, 2.75) is 19.5 Å². The average Bonchev–Trinajstić information content (AvgIpc) is 3.03. The van der Waals surface area contributed by atoms with Gasteiger partial charge in [-0.3, -0.25) is 9.59 Å². The van der Waals surface area contributed by atoms with Gasteiger partial charge < -0.3 is 9.47 Å². The number of aromatic nitrogens is 1. The van der Waals surface area contributed by atoms with Gasteiger partial charge >= 0.3 is 0 Å². The van der Waals surface area contributed by atoms with Gasteiger partial charge in [0.2, 0.25) is 5.43 Å². The lowest BCUT2D eigenvalue weighted by Gasteiger charge is -2.18. The molecule has 0 radical (unpaired) electrons. The molecule has 0 saturated carbocycles. The number of benzene rings is 2. The fraction of sp³-hybridized carbons (Fsp3) is 0.200. The predicted molar refractivity (Wildman–Crippen MR) is 94.1 cm³/mol. The number of pyridine rings is 1. The molecule has 0 N–H and O–H groups in total. The zero-order chi connectivity index (χ0) is 17.6. The number of para-hydroxylation sites is 1. The van der Waals surface area contributed by atoms with Gasteiger partial charge in [0.1, 0.15) is 11.4 Å². The molecule has 1 aliphatic rings. The molecule has 1 amide bonds. The SMILES string of the molecule is CN(Cc1ccccc1F)C(=O)c1cn2c3c(cccc3c1=O)CC2. The van der Waals surface area contributed by atoms with E-state index < -0.39 is 5.91 Å². The van der Waals surface area contributed by atoms with E-state index in [2.05, 4.69) is 0 Å². The molecule has 4 rings (SSSR count). The first kappa shape index (κ1) is 15.6. The largest absolute Gasteiger partial charge is 0.346 e. The van der Waals surface area contributed by atoms with Crippen molar-refractivity contribution in [3.63, 3.8) is 0 Å². The van der Waals surface area contributed by atoms with E-state index in [1.54, 1.807) is 37.5 Å². The molecule has 3 aromatic rings. The normalized spacial score (nSPS) is 12.6. The molecule has 0 atom stereocenters. The first-order valence-electron chi connectivity index (χ1n) is 8.20. The molecule has 0 saturated heterocycles. The van der Waals surface area contributed by atoms with Crippen LogP contribution in [0.4, 0.5) is 4.39 Å². The van der Waals surface area contributed by atoms with Crippen LogP contribution in [0.25, 0.3) is 10.9 Å². The molecule has 0 aliphatic carbocycles. The first-order valence-corrected chi connectivity index (χ1v) is 8.20. The fourth-order valence-corrected chi connectivity index (χ4v) is 3.47. The number of amides is 1. The molecule has 2 aromatic carbocycles. The molecule has 1 aromatic heterocycles. The zero-order valence-electron chi connectivity index (χ0n) is 13.8. The number of rotatable bonds is 3. The smallest absolute Gasteiger partial charge is 0.259 e. The van der Waals surface area contributed by atoms with Crippen LogP contribution in [0, 0.1) is 5.82 Å². The van der Waals surface area contributed by atoms with Gasteiger partial charge in [0, 0.05) is 37.3 Å². The van der Waals surface area contributed by atoms with Crippen molar-refractivity contribution in [1.29, 1.82) is 0 Å². The Morgan fingerprint density at radius 1 is 1.20 bits per heavy atom. The minimum absolute atomic E-state index is 0.114. The van der Waals surface area contributed by atoms with E-state index in [1.165, 1.54) is 11.0 Å². The van der Waals surface area contributed by atoms with Crippen molar-refractivity contribution < 1.29 is 9.18 Å². The summed E-state index contributed by atoms with van der Waals surface area (Å²) in [5.74, 6) is -0.753. The van der Waals surface area contributed by atoms with E-state index in [0.717, 1.165) is 24.0 Å². The molecular formula is C20H17FN2O2. The second-order valence-electron chi connectivity index (χ2n) is 6.38. The van der Waals surface area contributed by atoms with Gasteiger partial charge in [0.05, 0.1) is 5.52 Å². The Labute approximate surface area is 144 Å². The van der Waals surface area contributed by atoms with Crippen LogP contribution in [-0.4, -0.2) is 22.4 Å². The second-order valence-corrected chi connectivity index (χ2v) is 6.38. The molecular weight excluding hydrogens is 319 g/mol. The van der Waals surface area contributed by atoms with Gasteiger partial charge in [-0.05, 0) is 24.1 Å². The summed E-state index contributed by atoms with van der Waals surface area (Å²) in [5, 5.41) is 0.570. The molecule has 25 heavy (non-hydrogen) atoms. The highest BCUT2D eigenvalue weighted by Gasteiger charge is 2.22. The third-order valence-corrected chi connectivity index (χ3v) is 4.75. The molecule has 4 nitrogen and oxygen atoms in total. The molecule has 126 valence electrons. The predicted octanol–water partition coefficient (Wildman–Crippen LogP) is 2.97. The van der Waals surface area contributed by atoms with Crippen LogP contribution >= 0.6 is 0 Å².